The lowest BCUT2D eigenvalue weighted by Gasteiger charge is -2.20. The van der Waals surface area contributed by atoms with Crippen molar-refractivity contribution in [3.05, 3.63) is 94.6 Å². The molecule has 2 aliphatic heterocycles. The average molecular weight is 444 g/mol. The van der Waals surface area contributed by atoms with Gasteiger partial charge in [-0.3, -0.25) is 10.2 Å². The maximum atomic E-state index is 14.4. The van der Waals surface area contributed by atoms with Gasteiger partial charge in [0.05, 0.1) is 11.3 Å². The Balaban J connectivity index is 1.53. The van der Waals surface area contributed by atoms with Gasteiger partial charge in [0.2, 0.25) is 5.17 Å². The number of thioether (sulfide) groups is 1. The maximum absolute atomic E-state index is 14.4. The van der Waals surface area contributed by atoms with Gasteiger partial charge in [-0.15, -0.1) is 0 Å². The SMILES string of the molecule is Cc1cc(/C=C2\C(=N)N3N=C(c4ccccc4)SC3=NC2=O)c(C)n1-c1ccccc1F. The minimum Gasteiger partial charge on any atom is -0.315 e. The van der Waals surface area contributed by atoms with E-state index in [-0.39, 0.29) is 17.2 Å². The van der Waals surface area contributed by atoms with Gasteiger partial charge in [-0.25, -0.2) is 4.39 Å². The van der Waals surface area contributed by atoms with E-state index in [4.69, 9.17) is 5.41 Å². The van der Waals surface area contributed by atoms with Gasteiger partial charge in [-0.2, -0.15) is 15.1 Å². The molecule has 8 heteroatoms. The highest BCUT2D eigenvalue weighted by molar-refractivity contribution is 8.27. The number of amides is 1. The number of aromatic nitrogens is 1. The largest absolute Gasteiger partial charge is 0.315 e. The molecule has 2 aromatic carbocycles. The third-order valence-corrected chi connectivity index (χ3v) is 6.30. The van der Waals surface area contributed by atoms with Crippen molar-refractivity contribution >= 4 is 39.8 Å². The molecule has 3 heterocycles. The van der Waals surface area contributed by atoms with Gasteiger partial charge in [0, 0.05) is 17.0 Å². The summed E-state index contributed by atoms with van der Waals surface area (Å²) in [6, 6.07) is 18.0. The molecular formula is C24H18FN5OS. The number of hydrogen-bond acceptors (Lipinski definition) is 4. The van der Waals surface area contributed by atoms with E-state index in [1.165, 1.54) is 22.8 Å². The summed E-state index contributed by atoms with van der Waals surface area (Å²) in [4.78, 5) is 16.9. The molecule has 158 valence electrons. The zero-order valence-corrected chi connectivity index (χ0v) is 18.2. The molecule has 6 nitrogen and oxygen atoms in total. The lowest BCUT2D eigenvalue weighted by atomic mass is 10.1. The van der Waals surface area contributed by atoms with Crippen LogP contribution in [0.5, 0.6) is 0 Å². The summed E-state index contributed by atoms with van der Waals surface area (Å²) in [6.07, 6.45) is 1.63. The van der Waals surface area contributed by atoms with Crippen LogP contribution in [0.3, 0.4) is 0 Å². The van der Waals surface area contributed by atoms with E-state index in [2.05, 4.69) is 10.1 Å². The van der Waals surface area contributed by atoms with E-state index in [1.54, 1.807) is 28.8 Å². The number of carbonyl (C=O) groups is 1. The number of nitrogens with zero attached hydrogens (tertiary/aromatic N) is 4. The zero-order valence-electron chi connectivity index (χ0n) is 17.3. The Kier molecular flexibility index (Phi) is 4.86. The first kappa shape index (κ1) is 20.1. The number of fused-ring (bicyclic) bond motifs is 1. The second-order valence-corrected chi connectivity index (χ2v) is 8.36. The molecule has 0 bridgehead atoms. The number of nitrogens with one attached hydrogen (secondary N) is 1. The molecule has 0 saturated carbocycles. The minimum absolute atomic E-state index is 0.0332. The molecule has 0 saturated heterocycles. The molecule has 1 aromatic heterocycles. The van der Waals surface area contributed by atoms with Crippen LogP contribution in [0, 0.1) is 25.1 Å². The molecule has 0 unspecified atom stereocenters. The molecule has 0 fully saturated rings. The molecule has 1 amide bonds. The lowest BCUT2D eigenvalue weighted by molar-refractivity contribution is -0.114. The smallest absolute Gasteiger partial charge is 0.283 e. The lowest BCUT2D eigenvalue weighted by Crippen LogP contribution is -2.35. The van der Waals surface area contributed by atoms with Gasteiger partial charge in [0.15, 0.2) is 5.84 Å². The van der Waals surface area contributed by atoms with Crippen LogP contribution < -0.4 is 0 Å². The fourth-order valence-electron chi connectivity index (χ4n) is 3.78. The standard InChI is InChI=1S/C24H18FN5OS/c1-14-12-17(15(2)29(14)20-11-7-6-10-19(20)25)13-18-21(26)30-24(27-22(18)31)32-23(28-30)16-8-4-3-5-9-16/h3-13,26H,1-2H3/b18-13+,26-21?. The number of para-hydroxylation sites is 1. The number of hydrogen-bond donors (Lipinski definition) is 1. The van der Waals surface area contributed by atoms with Crippen molar-refractivity contribution in [3.63, 3.8) is 0 Å². The average Bonchev–Trinajstić information content (AvgIpc) is 3.33. The summed E-state index contributed by atoms with van der Waals surface area (Å²) in [7, 11) is 0. The Hall–Kier alpha value is -3.78. The summed E-state index contributed by atoms with van der Waals surface area (Å²) in [5.74, 6) is -0.857. The van der Waals surface area contributed by atoms with Crippen molar-refractivity contribution in [1.29, 1.82) is 5.41 Å². The first-order chi connectivity index (χ1) is 15.4. The topological polar surface area (TPSA) is 73.8 Å². The summed E-state index contributed by atoms with van der Waals surface area (Å²) in [5.41, 5.74) is 3.77. The fourth-order valence-corrected chi connectivity index (χ4v) is 4.68. The summed E-state index contributed by atoms with van der Waals surface area (Å²) in [5, 5.41) is 15.5. The van der Waals surface area contributed by atoms with E-state index < -0.39 is 5.91 Å². The number of aliphatic imine (C=N–C) groups is 1. The normalized spacial score (nSPS) is 17.0. The Morgan fingerprint density at radius 1 is 1.06 bits per heavy atom. The zero-order chi connectivity index (χ0) is 22.4. The highest BCUT2D eigenvalue weighted by Gasteiger charge is 2.36. The maximum Gasteiger partial charge on any atom is 0.283 e. The number of hydrazone groups is 1. The van der Waals surface area contributed by atoms with Gasteiger partial charge in [-0.1, -0.05) is 42.5 Å². The molecule has 0 atom stereocenters. The molecule has 0 aliphatic carbocycles. The van der Waals surface area contributed by atoms with Crippen LogP contribution in [0.15, 0.2) is 76.3 Å². The van der Waals surface area contributed by atoms with E-state index in [0.717, 1.165) is 22.5 Å². The van der Waals surface area contributed by atoms with E-state index in [9.17, 15) is 9.18 Å². The molecule has 3 aromatic rings. The van der Waals surface area contributed by atoms with E-state index in [0.29, 0.717) is 15.9 Å². The van der Waals surface area contributed by atoms with Crippen molar-refractivity contribution in [2.24, 2.45) is 10.1 Å². The van der Waals surface area contributed by atoms with Crippen molar-refractivity contribution in [1.82, 2.24) is 9.58 Å². The Bertz CT molecular complexity index is 1370. The predicted molar refractivity (Wildman–Crippen MR) is 126 cm³/mol. The summed E-state index contributed by atoms with van der Waals surface area (Å²) >= 11 is 1.26. The first-order valence-corrected chi connectivity index (χ1v) is 10.7. The number of halogens is 1. The molecule has 0 spiro atoms. The highest BCUT2D eigenvalue weighted by atomic mass is 32.2. The van der Waals surface area contributed by atoms with Crippen LogP contribution in [0.2, 0.25) is 0 Å². The number of benzene rings is 2. The first-order valence-electron chi connectivity index (χ1n) is 9.93. The Morgan fingerprint density at radius 3 is 2.53 bits per heavy atom. The van der Waals surface area contributed by atoms with Crippen molar-refractivity contribution < 1.29 is 9.18 Å². The molecule has 32 heavy (non-hydrogen) atoms. The molecule has 0 radical (unpaired) electrons. The van der Waals surface area contributed by atoms with Gasteiger partial charge >= 0.3 is 0 Å². The number of amidine groups is 2. The fraction of sp³-hybridized carbons (Fsp3) is 0.0833. The third-order valence-electron chi connectivity index (χ3n) is 5.34. The Morgan fingerprint density at radius 2 is 1.78 bits per heavy atom. The third kappa shape index (κ3) is 3.29. The van der Waals surface area contributed by atoms with Crippen molar-refractivity contribution in [2.45, 2.75) is 13.8 Å². The highest BCUT2D eigenvalue weighted by Crippen LogP contribution is 2.32. The molecular weight excluding hydrogens is 425 g/mol. The summed E-state index contributed by atoms with van der Waals surface area (Å²) < 4.78 is 16.2. The van der Waals surface area contributed by atoms with Crippen molar-refractivity contribution in [2.75, 3.05) is 0 Å². The van der Waals surface area contributed by atoms with E-state index in [1.807, 2.05) is 50.2 Å². The molecule has 2 aliphatic rings. The monoisotopic (exact) mass is 443 g/mol. The van der Waals surface area contributed by atoms with Gasteiger partial charge < -0.3 is 4.57 Å². The Labute approximate surface area is 188 Å². The van der Waals surface area contributed by atoms with Crippen LogP contribution in [-0.2, 0) is 4.79 Å². The van der Waals surface area contributed by atoms with Crippen LogP contribution in [0.1, 0.15) is 22.5 Å². The van der Waals surface area contributed by atoms with Crippen LogP contribution in [-0.4, -0.2) is 31.5 Å². The quantitative estimate of drug-likeness (QED) is 0.585. The van der Waals surface area contributed by atoms with E-state index >= 15 is 0 Å². The molecule has 1 N–H and O–H groups in total. The minimum atomic E-state index is -0.492. The van der Waals surface area contributed by atoms with Crippen LogP contribution in [0.4, 0.5) is 4.39 Å². The van der Waals surface area contributed by atoms with Gasteiger partial charge in [0.25, 0.3) is 5.91 Å². The number of aryl methyl sites for hydroxylation is 1. The second-order valence-electron chi connectivity index (χ2n) is 7.40. The molecule has 5 rings (SSSR count). The second kappa shape index (κ2) is 7.72. The van der Waals surface area contributed by atoms with Crippen LogP contribution >= 0.6 is 11.8 Å². The van der Waals surface area contributed by atoms with Gasteiger partial charge in [0.1, 0.15) is 10.9 Å². The van der Waals surface area contributed by atoms with Gasteiger partial charge in [-0.05, 0) is 55.4 Å². The predicted octanol–water partition coefficient (Wildman–Crippen LogP) is 4.90. The summed E-state index contributed by atoms with van der Waals surface area (Å²) in [6.45, 7) is 3.73. The number of carbonyl (C=O) groups excluding carboxylic acids is 1. The number of rotatable bonds is 3. The van der Waals surface area contributed by atoms with Crippen molar-refractivity contribution in [3.8, 4) is 5.69 Å². The van der Waals surface area contributed by atoms with Crippen LogP contribution in [0.25, 0.3) is 11.8 Å².